The van der Waals surface area contributed by atoms with Gasteiger partial charge in [0, 0.05) is 48.8 Å². The van der Waals surface area contributed by atoms with E-state index in [-0.39, 0.29) is 11.7 Å². The fourth-order valence-corrected chi connectivity index (χ4v) is 5.22. The molecule has 11 heteroatoms. The van der Waals surface area contributed by atoms with Gasteiger partial charge in [-0.2, -0.15) is 4.98 Å². The van der Waals surface area contributed by atoms with Gasteiger partial charge in [-0.15, -0.1) is 0 Å². The molecule has 214 valence electrons. The third-order valence-electron chi connectivity index (χ3n) is 7.60. The SMILES string of the molecule is Cc1cc(Nc2ccnc(Nc3ccc(C(=O)N4CCC(N(C)Cc5ccc6nonc6c5)CC4)cc3)n2)ccc1F. The summed E-state index contributed by atoms with van der Waals surface area (Å²) >= 11 is 0. The van der Waals surface area contributed by atoms with Gasteiger partial charge in [-0.05, 0) is 109 Å². The lowest BCUT2D eigenvalue weighted by atomic mass is 10.0. The number of nitrogens with one attached hydrogen (secondary N) is 2. The first-order valence-corrected chi connectivity index (χ1v) is 13.9. The van der Waals surface area contributed by atoms with Crippen LogP contribution >= 0.6 is 0 Å². The predicted molar refractivity (Wildman–Crippen MR) is 158 cm³/mol. The fourth-order valence-electron chi connectivity index (χ4n) is 5.22. The number of fused-ring (bicyclic) bond motifs is 1. The lowest BCUT2D eigenvalue weighted by molar-refractivity contribution is 0.0639. The number of amides is 1. The number of nitrogens with zero attached hydrogens (tertiary/aromatic N) is 6. The maximum Gasteiger partial charge on any atom is 0.253 e. The number of aromatic nitrogens is 4. The molecule has 5 aromatic rings. The van der Waals surface area contributed by atoms with Crippen LogP contribution in [0, 0.1) is 12.7 Å². The second-order valence-electron chi connectivity index (χ2n) is 10.6. The quantitative estimate of drug-likeness (QED) is 0.245. The Morgan fingerprint density at radius 2 is 1.74 bits per heavy atom. The van der Waals surface area contributed by atoms with Crippen molar-refractivity contribution in [2.24, 2.45) is 0 Å². The van der Waals surface area contributed by atoms with Crippen LogP contribution in [0.25, 0.3) is 11.0 Å². The van der Waals surface area contributed by atoms with E-state index in [1.165, 1.54) is 6.07 Å². The maximum absolute atomic E-state index is 13.6. The highest BCUT2D eigenvalue weighted by Gasteiger charge is 2.26. The van der Waals surface area contributed by atoms with Gasteiger partial charge >= 0.3 is 0 Å². The molecule has 0 aliphatic carbocycles. The molecule has 1 saturated heterocycles. The first kappa shape index (κ1) is 27.3. The van der Waals surface area contributed by atoms with Gasteiger partial charge in [0.25, 0.3) is 5.91 Å². The van der Waals surface area contributed by atoms with E-state index in [1.54, 1.807) is 31.3 Å². The normalized spacial score (nSPS) is 14.0. The van der Waals surface area contributed by atoms with Gasteiger partial charge in [-0.1, -0.05) is 6.07 Å². The highest BCUT2D eigenvalue weighted by Crippen LogP contribution is 2.23. The number of rotatable bonds is 8. The van der Waals surface area contributed by atoms with Crippen LogP contribution in [0.5, 0.6) is 0 Å². The van der Waals surface area contributed by atoms with Crippen molar-refractivity contribution in [1.82, 2.24) is 30.1 Å². The van der Waals surface area contributed by atoms with Crippen molar-refractivity contribution in [3.63, 3.8) is 0 Å². The standard InChI is InChI=1S/C31H31FN8O2/c1-20-17-24(8-9-26(20)32)34-29-11-14-33-31(36-29)35-23-6-4-22(5-7-23)30(41)40-15-12-25(13-16-40)39(2)19-21-3-10-27-28(18-21)38-42-37-27/h3-11,14,17-18,25H,12-13,15-16,19H2,1-2H3,(H2,33,34,35,36). The first-order valence-electron chi connectivity index (χ1n) is 13.9. The molecule has 0 atom stereocenters. The van der Waals surface area contributed by atoms with Crippen molar-refractivity contribution in [3.05, 3.63) is 95.4 Å². The zero-order valence-corrected chi connectivity index (χ0v) is 23.4. The minimum absolute atomic E-state index is 0.0312. The van der Waals surface area contributed by atoms with Crippen molar-refractivity contribution >= 4 is 40.1 Å². The molecule has 1 amide bonds. The van der Waals surface area contributed by atoms with Gasteiger partial charge in [0.05, 0.1) is 0 Å². The zero-order chi connectivity index (χ0) is 29.1. The molecule has 3 heterocycles. The van der Waals surface area contributed by atoms with Crippen LogP contribution < -0.4 is 10.6 Å². The number of halogens is 1. The highest BCUT2D eigenvalue weighted by atomic mass is 19.1. The number of aryl methyl sites for hydroxylation is 1. The number of anilines is 4. The summed E-state index contributed by atoms with van der Waals surface area (Å²) in [6.07, 6.45) is 3.46. The van der Waals surface area contributed by atoms with E-state index in [0.29, 0.717) is 42.0 Å². The molecule has 2 N–H and O–H groups in total. The Bertz CT molecular complexity index is 1700. The molecule has 2 aromatic heterocycles. The molecule has 10 nitrogen and oxygen atoms in total. The van der Waals surface area contributed by atoms with Crippen LogP contribution in [0.15, 0.2) is 77.6 Å². The summed E-state index contributed by atoms with van der Waals surface area (Å²) in [5, 5.41) is 14.1. The van der Waals surface area contributed by atoms with Crippen LogP contribution in [-0.4, -0.2) is 62.2 Å². The molecule has 0 unspecified atom stereocenters. The molecule has 0 bridgehead atoms. The number of hydrogen-bond donors (Lipinski definition) is 2. The van der Waals surface area contributed by atoms with Crippen molar-refractivity contribution < 1.29 is 13.8 Å². The van der Waals surface area contributed by atoms with E-state index in [1.807, 2.05) is 41.3 Å². The molecule has 0 saturated carbocycles. The van der Waals surface area contributed by atoms with E-state index < -0.39 is 0 Å². The molecule has 42 heavy (non-hydrogen) atoms. The Labute approximate surface area is 242 Å². The van der Waals surface area contributed by atoms with Crippen LogP contribution in [0.2, 0.25) is 0 Å². The lowest BCUT2D eigenvalue weighted by Gasteiger charge is -2.37. The summed E-state index contributed by atoms with van der Waals surface area (Å²) in [5.74, 6) is 0.759. The maximum atomic E-state index is 13.6. The summed E-state index contributed by atoms with van der Waals surface area (Å²) in [6, 6.07) is 20.3. The Hall–Kier alpha value is -4.90. The molecule has 1 aliphatic rings. The number of benzene rings is 3. The van der Waals surface area contributed by atoms with Gasteiger partial charge in [-0.3, -0.25) is 9.69 Å². The Morgan fingerprint density at radius 3 is 2.52 bits per heavy atom. The van der Waals surface area contributed by atoms with Gasteiger partial charge in [0.15, 0.2) is 0 Å². The van der Waals surface area contributed by atoms with E-state index in [9.17, 15) is 9.18 Å². The number of carbonyl (C=O) groups excluding carboxylic acids is 1. The average Bonchev–Trinajstić information content (AvgIpc) is 3.47. The second kappa shape index (κ2) is 11.9. The van der Waals surface area contributed by atoms with Crippen LogP contribution in [0.3, 0.4) is 0 Å². The minimum atomic E-state index is -0.253. The average molecular weight is 567 g/mol. The summed E-state index contributed by atoms with van der Waals surface area (Å²) < 4.78 is 18.4. The van der Waals surface area contributed by atoms with Gasteiger partial charge < -0.3 is 15.5 Å². The summed E-state index contributed by atoms with van der Waals surface area (Å²) in [4.78, 5) is 26.3. The Balaban J connectivity index is 1.01. The topological polar surface area (TPSA) is 112 Å². The molecular weight excluding hydrogens is 535 g/mol. The first-order chi connectivity index (χ1) is 20.4. The predicted octanol–water partition coefficient (Wildman–Crippen LogP) is 5.68. The second-order valence-corrected chi connectivity index (χ2v) is 10.6. The Morgan fingerprint density at radius 1 is 0.976 bits per heavy atom. The lowest BCUT2D eigenvalue weighted by Crippen LogP contribution is -2.45. The summed E-state index contributed by atoms with van der Waals surface area (Å²) in [5.41, 5.74) is 5.37. The molecule has 3 aromatic carbocycles. The van der Waals surface area contributed by atoms with Gasteiger partial charge in [0.2, 0.25) is 5.95 Å². The number of hydrogen-bond acceptors (Lipinski definition) is 9. The third kappa shape index (κ3) is 6.21. The molecule has 0 radical (unpaired) electrons. The van der Waals surface area contributed by atoms with Gasteiger partial charge in [0.1, 0.15) is 22.7 Å². The Kier molecular flexibility index (Phi) is 7.74. The van der Waals surface area contributed by atoms with E-state index in [2.05, 4.69) is 48.9 Å². The van der Waals surface area contributed by atoms with E-state index >= 15 is 0 Å². The van der Waals surface area contributed by atoms with Crippen LogP contribution in [0.1, 0.15) is 34.3 Å². The molecule has 1 aliphatic heterocycles. The smallest absolute Gasteiger partial charge is 0.253 e. The van der Waals surface area contributed by atoms with Crippen molar-refractivity contribution in [2.45, 2.75) is 32.4 Å². The van der Waals surface area contributed by atoms with E-state index in [0.717, 1.165) is 47.4 Å². The van der Waals surface area contributed by atoms with Crippen LogP contribution in [0.4, 0.5) is 27.5 Å². The summed E-state index contributed by atoms with van der Waals surface area (Å²) in [6.45, 7) is 3.93. The third-order valence-corrected chi connectivity index (χ3v) is 7.60. The van der Waals surface area contributed by atoms with Crippen LogP contribution in [-0.2, 0) is 6.54 Å². The highest BCUT2D eigenvalue weighted by molar-refractivity contribution is 5.94. The molecule has 6 rings (SSSR count). The van der Waals surface area contributed by atoms with Gasteiger partial charge in [-0.25, -0.2) is 14.0 Å². The monoisotopic (exact) mass is 566 g/mol. The number of likely N-dealkylation sites (tertiary alicyclic amines) is 1. The number of piperidine rings is 1. The fraction of sp³-hybridized carbons (Fsp3) is 0.258. The summed E-state index contributed by atoms with van der Waals surface area (Å²) in [7, 11) is 2.12. The molecule has 1 fully saturated rings. The van der Waals surface area contributed by atoms with E-state index in [4.69, 9.17) is 4.63 Å². The van der Waals surface area contributed by atoms with Crippen molar-refractivity contribution in [2.75, 3.05) is 30.8 Å². The molecular formula is C31H31FN8O2. The van der Waals surface area contributed by atoms with Crippen molar-refractivity contribution in [1.29, 1.82) is 0 Å². The molecule has 0 spiro atoms. The largest absolute Gasteiger partial charge is 0.340 e. The number of carbonyl (C=O) groups is 1. The zero-order valence-electron chi connectivity index (χ0n) is 23.4. The van der Waals surface area contributed by atoms with Crippen molar-refractivity contribution in [3.8, 4) is 0 Å². The minimum Gasteiger partial charge on any atom is -0.340 e.